The summed E-state index contributed by atoms with van der Waals surface area (Å²) in [7, 11) is 3.50. The molecule has 0 radical (unpaired) electrons. The Kier molecular flexibility index (Phi) is 5.63. The van der Waals surface area contributed by atoms with E-state index in [1.807, 2.05) is 11.6 Å². The summed E-state index contributed by atoms with van der Waals surface area (Å²) in [5.74, 6) is 0.485. The van der Waals surface area contributed by atoms with E-state index in [4.69, 9.17) is 9.47 Å². The molecule has 1 aromatic rings. The molecule has 0 aromatic carbocycles. The molecule has 0 bridgehead atoms. The number of carbonyl (C=O) groups is 1. The standard InChI is InChI=1S/C16H25N3O3S/c1-18(2)16(20)11-21-10-12-7-13-14(8-12)22-5-4-19(13)9-15-17-3-6-23-15/h3,6,12-14H,4-5,7-11H2,1-2H3/t12-,13+,14-/m0/s1. The number of amides is 1. The summed E-state index contributed by atoms with van der Waals surface area (Å²) in [4.78, 5) is 20.0. The summed E-state index contributed by atoms with van der Waals surface area (Å²) in [6.45, 7) is 3.48. The first-order valence-corrected chi connectivity index (χ1v) is 9.03. The van der Waals surface area contributed by atoms with Gasteiger partial charge in [-0.3, -0.25) is 9.69 Å². The molecule has 3 rings (SSSR count). The molecular weight excluding hydrogens is 314 g/mol. The summed E-state index contributed by atoms with van der Waals surface area (Å²) in [6.07, 6.45) is 4.26. The van der Waals surface area contributed by atoms with Crippen molar-refractivity contribution in [2.75, 3.05) is 40.5 Å². The van der Waals surface area contributed by atoms with Gasteiger partial charge in [-0.05, 0) is 18.8 Å². The highest BCUT2D eigenvalue weighted by atomic mass is 32.1. The van der Waals surface area contributed by atoms with Gasteiger partial charge in [-0.1, -0.05) is 0 Å². The van der Waals surface area contributed by atoms with Crippen LogP contribution in [-0.4, -0.2) is 73.3 Å². The van der Waals surface area contributed by atoms with Crippen molar-refractivity contribution in [3.8, 4) is 0 Å². The van der Waals surface area contributed by atoms with Gasteiger partial charge in [-0.2, -0.15) is 0 Å². The lowest BCUT2D eigenvalue weighted by Crippen LogP contribution is -2.47. The van der Waals surface area contributed by atoms with E-state index in [0.29, 0.717) is 24.7 Å². The average molecular weight is 339 g/mol. The Labute approximate surface area is 141 Å². The van der Waals surface area contributed by atoms with Crippen molar-refractivity contribution < 1.29 is 14.3 Å². The monoisotopic (exact) mass is 339 g/mol. The Balaban J connectivity index is 1.49. The van der Waals surface area contributed by atoms with E-state index >= 15 is 0 Å². The largest absolute Gasteiger partial charge is 0.375 e. The molecule has 0 spiro atoms. The zero-order chi connectivity index (χ0) is 16.2. The molecule has 1 aliphatic heterocycles. The lowest BCUT2D eigenvalue weighted by molar-refractivity contribution is -0.134. The number of rotatable bonds is 6. The predicted octanol–water partition coefficient (Wildman–Crippen LogP) is 1.23. The second-order valence-corrected chi connectivity index (χ2v) is 7.49. The SMILES string of the molecule is CN(C)C(=O)COC[C@@H]1C[C@@H]2OCCN(Cc3nccs3)[C@@H]2C1. The van der Waals surface area contributed by atoms with Gasteiger partial charge in [0.15, 0.2) is 0 Å². The van der Waals surface area contributed by atoms with Crippen LogP contribution in [0.1, 0.15) is 17.8 Å². The van der Waals surface area contributed by atoms with E-state index in [1.54, 1.807) is 30.3 Å². The molecule has 1 saturated heterocycles. The van der Waals surface area contributed by atoms with E-state index in [0.717, 1.165) is 32.5 Å². The predicted molar refractivity (Wildman–Crippen MR) is 88.3 cm³/mol. The van der Waals surface area contributed by atoms with Crippen LogP contribution in [0.3, 0.4) is 0 Å². The first kappa shape index (κ1) is 16.8. The molecule has 1 amide bonds. The topological polar surface area (TPSA) is 54.9 Å². The molecule has 3 atom stereocenters. The summed E-state index contributed by atoms with van der Waals surface area (Å²) < 4.78 is 11.6. The number of nitrogens with zero attached hydrogens (tertiary/aromatic N) is 3. The Hall–Kier alpha value is -1.02. The number of carbonyl (C=O) groups excluding carboxylic acids is 1. The van der Waals surface area contributed by atoms with E-state index in [1.165, 1.54) is 5.01 Å². The third-order valence-corrected chi connectivity index (χ3v) is 5.41. The van der Waals surface area contributed by atoms with E-state index in [-0.39, 0.29) is 12.5 Å². The van der Waals surface area contributed by atoms with Crippen LogP contribution in [0.25, 0.3) is 0 Å². The minimum Gasteiger partial charge on any atom is -0.375 e. The Bertz CT molecular complexity index is 509. The minimum absolute atomic E-state index is 0.0158. The Morgan fingerprint density at radius 2 is 2.39 bits per heavy atom. The maximum Gasteiger partial charge on any atom is 0.248 e. The molecule has 7 heteroatoms. The van der Waals surface area contributed by atoms with Crippen molar-refractivity contribution in [2.45, 2.75) is 31.5 Å². The summed E-state index contributed by atoms with van der Waals surface area (Å²) in [5.41, 5.74) is 0. The average Bonchev–Trinajstić information content (AvgIpc) is 3.16. The summed E-state index contributed by atoms with van der Waals surface area (Å²) in [6, 6.07) is 0.450. The number of morpholine rings is 1. The van der Waals surface area contributed by atoms with E-state index in [2.05, 4.69) is 9.88 Å². The maximum absolute atomic E-state index is 11.6. The highest BCUT2D eigenvalue weighted by molar-refractivity contribution is 7.09. The summed E-state index contributed by atoms with van der Waals surface area (Å²) >= 11 is 1.71. The van der Waals surface area contributed by atoms with E-state index < -0.39 is 0 Å². The van der Waals surface area contributed by atoms with Crippen LogP contribution in [-0.2, 0) is 20.8 Å². The van der Waals surface area contributed by atoms with Crippen LogP contribution in [0.5, 0.6) is 0 Å². The first-order valence-electron chi connectivity index (χ1n) is 8.15. The third kappa shape index (κ3) is 4.29. The third-order valence-electron chi connectivity index (χ3n) is 4.65. The van der Waals surface area contributed by atoms with Gasteiger partial charge in [-0.15, -0.1) is 11.3 Å². The zero-order valence-electron chi connectivity index (χ0n) is 13.8. The second kappa shape index (κ2) is 7.70. The smallest absolute Gasteiger partial charge is 0.248 e. The van der Waals surface area contributed by atoms with Crippen LogP contribution >= 0.6 is 11.3 Å². The van der Waals surface area contributed by atoms with Gasteiger partial charge >= 0.3 is 0 Å². The molecule has 2 fully saturated rings. The maximum atomic E-state index is 11.6. The van der Waals surface area contributed by atoms with Crippen molar-refractivity contribution in [1.29, 1.82) is 0 Å². The summed E-state index contributed by atoms with van der Waals surface area (Å²) in [5, 5.41) is 3.20. The zero-order valence-corrected chi connectivity index (χ0v) is 14.6. The molecule has 6 nitrogen and oxygen atoms in total. The van der Waals surface area contributed by atoms with Gasteiger partial charge in [-0.25, -0.2) is 4.98 Å². The normalized spacial score (nSPS) is 27.8. The van der Waals surface area contributed by atoms with Crippen LogP contribution in [0.2, 0.25) is 0 Å². The molecule has 23 heavy (non-hydrogen) atoms. The molecule has 0 unspecified atom stereocenters. The lowest BCUT2D eigenvalue weighted by Gasteiger charge is -2.37. The van der Waals surface area contributed by atoms with E-state index in [9.17, 15) is 4.79 Å². The Morgan fingerprint density at radius 3 is 3.13 bits per heavy atom. The fourth-order valence-corrected chi connectivity index (χ4v) is 4.05. The van der Waals surface area contributed by atoms with Crippen LogP contribution in [0.15, 0.2) is 11.6 Å². The minimum atomic E-state index is 0.0158. The number of ether oxygens (including phenoxy) is 2. The van der Waals surface area contributed by atoms with Gasteiger partial charge in [0.25, 0.3) is 0 Å². The highest BCUT2D eigenvalue weighted by Crippen LogP contribution is 2.35. The number of hydrogen-bond donors (Lipinski definition) is 0. The second-order valence-electron chi connectivity index (χ2n) is 6.51. The van der Waals surface area contributed by atoms with Gasteiger partial charge in [0.2, 0.25) is 5.91 Å². The van der Waals surface area contributed by atoms with Crippen molar-refractivity contribution in [3.05, 3.63) is 16.6 Å². The molecule has 0 N–H and O–H groups in total. The van der Waals surface area contributed by atoms with Gasteiger partial charge in [0.05, 0.1) is 25.9 Å². The highest BCUT2D eigenvalue weighted by Gasteiger charge is 2.41. The lowest BCUT2D eigenvalue weighted by atomic mass is 10.1. The molecular formula is C16H25N3O3S. The molecule has 1 aliphatic carbocycles. The van der Waals surface area contributed by atoms with Crippen molar-refractivity contribution in [1.82, 2.24) is 14.8 Å². The van der Waals surface area contributed by atoms with Crippen LogP contribution in [0, 0.1) is 5.92 Å². The molecule has 1 aromatic heterocycles. The van der Waals surface area contributed by atoms with Gasteiger partial charge in [0.1, 0.15) is 11.6 Å². The van der Waals surface area contributed by atoms with Gasteiger partial charge in [0, 0.05) is 38.3 Å². The van der Waals surface area contributed by atoms with Gasteiger partial charge < -0.3 is 14.4 Å². The number of fused-ring (bicyclic) bond motifs is 1. The molecule has 2 heterocycles. The quantitative estimate of drug-likeness (QED) is 0.780. The molecule has 1 saturated carbocycles. The van der Waals surface area contributed by atoms with Crippen LogP contribution in [0.4, 0.5) is 0 Å². The fraction of sp³-hybridized carbons (Fsp3) is 0.750. The Morgan fingerprint density at radius 1 is 1.52 bits per heavy atom. The fourth-order valence-electron chi connectivity index (χ4n) is 3.40. The number of hydrogen-bond acceptors (Lipinski definition) is 6. The van der Waals surface area contributed by atoms with Crippen molar-refractivity contribution >= 4 is 17.2 Å². The number of thiazole rings is 1. The first-order chi connectivity index (χ1) is 11.1. The molecule has 2 aliphatic rings. The number of likely N-dealkylation sites (N-methyl/N-ethyl adjacent to an activating group) is 1. The van der Waals surface area contributed by atoms with Crippen molar-refractivity contribution in [3.63, 3.8) is 0 Å². The molecule has 128 valence electrons. The van der Waals surface area contributed by atoms with Crippen LogP contribution < -0.4 is 0 Å². The van der Waals surface area contributed by atoms with Crippen molar-refractivity contribution in [2.24, 2.45) is 5.92 Å². The number of aromatic nitrogens is 1.